The zero-order valence-electron chi connectivity index (χ0n) is 21.0. The third-order valence-corrected chi connectivity index (χ3v) is 2.98. The Morgan fingerprint density at radius 2 is 1.00 bits per heavy atom. The van der Waals surface area contributed by atoms with Crippen LogP contribution in [0.4, 0.5) is 0 Å². The molecule has 0 radical (unpaired) electrons. The van der Waals surface area contributed by atoms with Crippen LogP contribution in [0.2, 0.25) is 0 Å². The number of rotatable bonds is 5. The first-order valence-corrected chi connectivity index (χ1v) is 10.5. The molecule has 4 N–H and O–H groups in total. The summed E-state index contributed by atoms with van der Waals surface area (Å²) in [6.45, 7) is 1.98. The fraction of sp³-hybridized carbons (Fsp3) is 0.440. The summed E-state index contributed by atoms with van der Waals surface area (Å²) in [6.07, 6.45) is 0.946. The van der Waals surface area contributed by atoms with Crippen molar-refractivity contribution in [1.82, 2.24) is 9.80 Å². The largest absolute Gasteiger partial charge is 0.478 e. The summed E-state index contributed by atoms with van der Waals surface area (Å²) < 4.78 is 0. The number of aliphatic hydroxyl groups excluding tert-OH is 2. The highest BCUT2D eigenvalue weighted by Crippen LogP contribution is 1.97. The quantitative estimate of drug-likeness (QED) is 0.530. The molecule has 0 amide bonds. The number of carboxylic acid groups (broad SMARTS) is 2. The summed E-state index contributed by atoms with van der Waals surface area (Å²) in [5.74, 6) is -1.76. The van der Waals surface area contributed by atoms with Crippen LogP contribution in [0.3, 0.4) is 0 Å². The van der Waals surface area contributed by atoms with Crippen molar-refractivity contribution < 1.29 is 30.0 Å². The van der Waals surface area contributed by atoms with E-state index in [2.05, 4.69) is 0 Å². The Morgan fingerprint density at radius 1 is 0.727 bits per heavy atom. The average Bonchev–Trinajstić information content (AvgIpc) is 2.75. The standard InChI is InChI=1S/2C7H6O2.C5H12O2.2C3H9N/c2*8-7(9)6-4-2-1-3-5-6;1-2-5(7)3-4-6;2*1-4(2)3/h2*1-5H,(H,8,9);5-7H,2-4H2,1H3;2*1-3H3. The minimum Gasteiger partial charge on any atom is -0.478 e. The maximum Gasteiger partial charge on any atom is 0.335 e. The minimum absolute atomic E-state index is 0.0923. The molecule has 188 valence electrons. The van der Waals surface area contributed by atoms with Gasteiger partial charge in [0.05, 0.1) is 17.2 Å². The van der Waals surface area contributed by atoms with Gasteiger partial charge in [0.1, 0.15) is 0 Å². The molecule has 2 aromatic carbocycles. The van der Waals surface area contributed by atoms with Crippen molar-refractivity contribution in [3.63, 3.8) is 0 Å². The van der Waals surface area contributed by atoms with E-state index >= 15 is 0 Å². The Labute approximate surface area is 198 Å². The summed E-state index contributed by atoms with van der Waals surface area (Å²) >= 11 is 0. The van der Waals surface area contributed by atoms with Gasteiger partial charge >= 0.3 is 11.9 Å². The molecular weight excluding hydrogens is 424 g/mol. The van der Waals surface area contributed by atoms with Crippen LogP contribution < -0.4 is 0 Å². The van der Waals surface area contributed by atoms with Crippen LogP contribution in [0.1, 0.15) is 40.5 Å². The maximum absolute atomic E-state index is 10.2. The van der Waals surface area contributed by atoms with E-state index < -0.39 is 11.9 Å². The third-order valence-electron chi connectivity index (χ3n) is 2.98. The van der Waals surface area contributed by atoms with Crippen LogP contribution in [0.5, 0.6) is 0 Å². The van der Waals surface area contributed by atoms with Gasteiger partial charge in [0.2, 0.25) is 0 Å². The Morgan fingerprint density at radius 3 is 1.12 bits per heavy atom. The van der Waals surface area contributed by atoms with Crippen molar-refractivity contribution in [3.05, 3.63) is 71.8 Å². The highest BCUT2D eigenvalue weighted by atomic mass is 16.4. The van der Waals surface area contributed by atoms with E-state index in [9.17, 15) is 9.59 Å². The molecule has 0 spiro atoms. The molecule has 0 aromatic heterocycles. The van der Waals surface area contributed by atoms with E-state index in [1.54, 1.807) is 60.7 Å². The summed E-state index contributed by atoms with van der Waals surface area (Å²) in [6, 6.07) is 16.6. The number of aromatic carboxylic acids is 2. The molecule has 1 unspecified atom stereocenters. The highest BCUT2D eigenvalue weighted by molar-refractivity contribution is 5.87. The maximum atomic E-state index is 10.2. The van der Waals surface area contributed by atoms with Gasteiger partial charge in [0.25, 0.3) is 0 Å². The van der Waals surface area contributed by atoms with Gasteiger partial charge in [-0.3, -0.25) is 0 Å². The number of carboxylic acids is 2. The van der Waals surface area contributed by atoms with Crippen LogP contribution in [-0.4, -0.2) is 97.2 Å². The predicted molar refractivity (Wildman–Crippen MR) is 134 cm³/mol. The second-order valence-electron chi connectivity index (χ2n) is 7.60. The SMILES string of the molecule is CCC(O)CCO.CN(C)C.CN(C)C.O=C(O)c1ccccc1.O=C(O)c1ccccc1. The fourth-order valence-electron chi connectivity index (χ4n) is 1.51. The fourth-order valence-corrected chi connectivity index (χ4v) is 1.51. The molecular formula is C25H42N2O6. The lowest BCUT2D eigenvalue weighted by Gasteiger charge is -2.01. The Hall–Kier alpha value is -2.78. The third kappa shape index (κ3) is 31.5. The van der Waals surface area contributed by atoms with Gasteiger partial charge in [-0.2, -0.15) is 0 Å². The molecule has 0 aliphatic rings. The molecule has 2 rings (SSSR count). The van der Waals surface area contributed by atoms with E-state index in [-0.39, 0.29) is 12.7 Å². The van der Waals surface area contributed by atoms with E-state index in [4.69, 9.17) is 20.4 Å². The topological polar surface area (TPSA) is 122 Å². The van der Waals surface area contributed by atoms with Gasteiger partial charge in [-0.25, -0.2) is 9.59 Å². The number of aliphatic hydroxyl groups is 2. The molecule has 33 heavy (non-hydrogen) atoms. The Bertz CT molecular complexity index is 634. The average molecular weight is 467 g/mol. The predicted octanol–water partition coefficient (Wildman–Crippen LogP) is 3.26. The van der Waals surface area contributed by atoms with Crippen LogP contribution in [0, 0.1) is 0 Å². The lowest BCUT2D eigenvalue weighted by molar-refractivity contribution is 0.0686. The Balaban J connectivity index is -0.000000356. The molecule has 0 heterocycles. The smallest absolute Gasteiger partial charge is 0.335 e. The van der Waals surface area contributed by atoms with Gasteiger partial charge in [-0.15, -0.1) is 0 Å². The first-order valence-electron chi connectivity index (χ1n) is 10.5. The van der Waals surface area contributed by atoms with Crippen molar-refractivity contribution in [2.45, 2.75) is 25.9 Å². The molecule has 0 aliphatic heterocycles. The van der Waals surface area contributed by atoms with Gasteiger partial charge in [0.15, 0.2) is 0 Å². The van der Waals surface area contributed by atoms with Crippen molar-refractivity contribution in [2.24, 2.45) is 0 Å². The lowest BCUT2D eigenvalue weighted by Crippen LogP contribution is -2.05. The molecule has 0 aliphatic carbocycles. The molecule has 0 saturated carbocycles. The van der Waals surface area contributed by atoms with E-state index in [0.29, 0.717) is 17.5 Å². The highest BCUT2D eigenvalue weighted by Gasteiger charge is 1.97. The second-order valence-corrected chi connectivity index (χ2v) is 7.60. The van der Waals surface area contributed by atoms with Crippen LogP contribution in [0.15, 0.2) is 60.7 Å². The van der Waals surface area contributed by atoms with Crippen molar-refractivity contribution >= 4 is 11.9 Å². The molecule has 8 heteroatoms. The molecule has 1 atom stereocenters. The van der Waals surface area contributed by atoms with Crippen LogP contribution in [0.25, 0.3) is 0 Å². The van der Waals surface area contributed by atoms with Gasteiger partial charge in [-0.1, -0.05) is 43.3 Å². The molecule has 0 fully saturated rings. The van der Waals surface area contributed by atoms with Crippen molar-refractivity contribution in [2.75, 3.05) is 48.9 Å². The summed E-state index contributed by atoms with van der Waals surface area (Å²) in [7, 11) is 12.0. The normalized spacial score (nSPS) is 10.0. The van der Waals surface area contributed by atoms with Crippen LogP contribution in [-0.2, 0) is 0 Å². The summed E-state index contributed by atoms with van der Waals surface area (Å²) in [4.78, 5) is 24.4. The lowest BCUT2D eigenvalue weighted by atomic mass is 10.2. The molecule has 0 saturated heterocycles. The summed E-state index contributed by atoms with van der Waals surface area (Å²) in [5, 5.41) is 33.7. The van der Waals surface area contributed by atoms with Gasteiger partial charge < -0.3 is 30.2 Å². The number of hydrogen-bond acceptors (Lipinski definition) is 6. The molecule has 8 nitrogen and oxygen atoms in total. The van der Waals surface area contributed by atoms with Gasteiger partial charge in [-0.05, 0) is 79.4 Å². The Kier molecular flexibility index (Phi) is 25.2. The number of hydrogen-bond donors (Lipinski definition) is 4. The monoisotopic (exact) mass is 466 g/mol. The first-order chi connectivity index (χ1) is 15.4. The van der Waals surface area contributed by atoms with E-state index in [1.807, 2.05) is 59.0 Å². The molecule has 2 aromatic rings. The zero-order valence-corrected chi connectivity index (χ0v) is 21.0. The van der Waals surface area contributed by atoms with Crippen molar-refractivity contribution in [3.8, 4) is 0 Å². The number of nitrogens with zero attached hydrogens (tertiary/aromatic N) is 2. The first kappa shape index (κ1) is 34.8. The van der Waals surface area contributed by atoms with E-state index in [1.165, 1.54) is 0 Å². The molecule has 0 bridgehead atoms. The van der Waals surface area contributed by atoms with Crippen molar-refractivity contribution in [1.29, 1.82) is 0 Å². The minimum atomic E-state index is -0.879. The van der Waals surface area contributed by atoms with Gasteiger partial charge in [0, 0.05) is 6.61 Å². The van der Waals surface area contributed by atoms with E-state index in [0.717, 1.165) is 6.42 Å². The number of carbonyl (C=O) groups is 2. The van der Waals surface area contributed by atoms with Crippen LogP contribution >= 0.6 is 0 Å². The zero-order chi connectivity index (χ0) is 26.2. The summed E-state index contributed by atoms with van der Waals surface area (Å²) in [5.41, 5.74) is 0.662. The second kappa shape index (κ2) is 23.9. The number of benzene rings is 2.